The van der Waals surface area contributed by atoms with Crippen LogP contribution >= 0.6 is 0 Å². The summed E-state index contributed by atoms with van der Waals surface area (Å²) >= 11 is 0. The third kappa shape index (κ3) is 3.16. The van der Waals surface area contributed by atoms with Crippen LogP contribution in [0.4, 0.5) is 0 Å². The molecule has 4 rings (SSSR count). The Balaban J connectivity index is 1.77. The number of hydrogen-bond donors (Lipinski definition) is 1. The van der Waals surface area contributed by atoms with Crippen molar-refractivity contribution < 1.29 is 19.4 Å². The van der Waals surface area contributed by atoms with Gasteiger partial charge in [-0.3, -0.25) is 0 Å². The van der Waals surface area contributed by atoms with Gasteiger partial charge < -0.3 is 9.84 Å². The van der Waals surface area contributed by atoms with Gasteiger partial charge in [0.2, 0.25) is 0 Å². The van der Waals surface area contributed by atoms with Gasteiger partial charge in [0, 0.05) is 5.56 Å². The maximum Gasteiger partial charge on any atom is 0.338 e. The van der Waals surface area contributed by atoms with Crippen molar-refractivity contribution in [3.63, 3.8) is 0 Å². The molecule has 0 saturated heterocycles. The fourth-order valence-electron chi connectivity index (χ4n) is 3.11. The number of carbonyl (C=O) groups excluding carboxylic acids is 1. The molecule has 0 fully saturated rings. The minimum Gasteiger partial charge on any atom is -0.478 e. The van der Waals surface area contributed by atoms with E-state index in [1.54, 1.807) is 55.5 Å². The zero-order valence-corrected chi connectivity index (χ0v) is 15.0. The molecule has 0 saturated carbocycles. The lowest BCUT2D eigenvalue weighted by atomic mass is 10.1. The third-order valence-corrected chi connectivity index (χ3v) is 4.49. The summed E-state index contributed by atoms with van der Waals surface area (Å²) in [6, 6.07) is 19.0. The lowest BCUT2D eigenvalue weighted by molar-refractivity contribution is 0.0340. The molecule has 1 aromatic heterocycles. The molecule has 0 aliphatic heterocycles. The highest BCUT2D eigenvalue weighted by Gasteiger charge is 2.18. The molecule has 1 atom stereocenters. The first kappa shape index (κ1) is 17.6. The molecule has 3 aromatic carbocycles. The topological polar surface area (TPSA) is 89.4 Å². The zero-order chi connectivity index (χ0) is 19.7. The summed E-state index contributed by atoms with van der Waals surface area (Å²) < 4.78 is 5.60. The lowest BCUT2D eigenvalue weighted by Crippen LogP contribution is -2.10. The fourth-order valence-corrected chi connectivity index (χ4v) is 3.11. The summed E-state index contributed by atoms with van der Waals surface area (Å²) in [5, 5.41) is 9.38. The number of esters is 1. The van der Waals surface area contributed by atoms with E-state index in [2.05, 4.69) is 9.97 Å². The van der Waals surface area contributed by atoms with Gasteiger partial charge in [-0.2, -0.15) is 0 Å². The Kier molecular flexibility index (Phi) is 4.45. The molecule has 0 radical (unpaired) electrons. The predicted octanol–water partition coefficient (Wildman–Crippen LogP) is 4.40. The van der Waals surface area contributed by atoms with Crippen molar-refractivity contribution in [3.05, 3.63) is 83.4 Å². The number of nitrogens with zero attached hydrogens (tertiary/aromatic N) is 2. The zero-order valence-electron chi connectivity index (χ0n) is 15.0. The molecule has 28 heavy (non-hydrogen) atoms. The smallest absolute Gasteiger partial charge is 0.338 e. The predicted molar refractivity (Wildman–Crippen MR) is 104 cm³/mol. The van der Waals surface area contributed by atoms with Gasteiger partial charge in [0.05, 0.1) is 27.7 Å². The Bertz CT molecular complexity index is 1210. The number of ether oxygens (including phenoxy) is 1. The molecule has 6 heteroatoms. The van der Waals surface area contributed by atoms with Gasteiger partial charge in [-0.05, 0) is 37.3 Å². The van der Waals surface area contributed by atoms with Gasteiger partial charge in [-0.15, -0.1) is 0 Å². The van der Waals surface area contributed by atoms with Crippen LogP contribution in [0.2, 0.25) is 0 Å². The van der Waals surface area contributed by atoms with E-state index >= 15 is 0 Å². The van der Waals surface area contributed by atoms with Crippen LogP contribution in [0, 0.1) is 0 Å². The van der Waals surface area contributed by atoms with E-state index in [1.165, 1.54) is 6.07 Å². The Morgan fingerprint density at radius 3 is 2.21 bits per heavy atom. The Labute approximate surface area is 160 Å². The Hall–Kier alpha value is -3.80. The lowest BCUT2D eigenvalue weighted by Gasteiger charge is -2.15. The number of benzene rings is 3. The molecule has 1 heterocycles. The summed E-state index contributed by atoms with van der Waals surface area (Å²) in [4.78, 5) is 32.9. The molecule has 1 unspecified atom stereocenters. The molecule has 0 aliphatic carbocycles. The van der Waals surface area contributed by atoms with Crippen LogP contribution in [-0.4, -0.2) is 27.0 Å². The van der Waals surface area contributed by atoms with Crippen LogP contribution in [0.25, 0.3) is 22.1 Å². The van der Waals surface area contributed by atoms with Crippen LogP contribution in [0.3, 0.4) is 0 Å². The highest BCUT2D eigenvalue weighted by molar-refractivity contribution is 6.02. The largest absolute Gasteiger partial charge is 0.478 e. The summed E-state index contributed by atoms with van der Waals surface area (Å²) in [5.41, 5.74) is 3.19. The van der Waals surface area contributed by atoms with E-state index in [9.17, 15) is 14.7 Å². The molecule has 0 bridgehead atoms. The van der Waals surface area contributed by atoms with Gasteiger partial charge >= 0.3 is 11.9 Å². The first-order valence-electron chi connectivity index (χ1n) is 8.73. The average Bonchev–Trinajstić information content (AvgIpc) is 2.71. The van der Waals surface area contributed by atoms with Crippen molar-refractivity contribution in [3.8, 4) is 0 Å². The van der Waals surface area contributed by atoms with E-state index in [0.29, 0.717) is 33.2 Å². The van der Waals surface area contributed by atoms with E-state index in [4.69, 9.17) is 4.74 Å². The average molecular weight is 372 g/mol. The molecular weight excluding hydrogens is 356 g/mol. The van der Waals surface area contributed by atoms with Crippen molar-refractivity contribution in [2.45, 2.75) is 13.0 Å². The Morgan fingerprint density at radius 2 is 1.50 bits per heavy atom. The molecule has 4 aromatic rings. The van der Waals surface area contributed by atoms with E-state index in [-0.39, 0.29) is 5.56 Å². The van der Waals surface area contributed by atoms with Gasteiger partial charge in [-0.1, -0.05) is 36.4 Å². The molecule has 6 nitrogen and oxygen atoms in total. The third-order valence-electron chi connectivity index (χ3n) is 4.49. The van der Waals surface area contributed by atoms with Crippen LogP contribution in [-0.2, 0) is 4.74 Å². The van der Waals surface area contributed by atoms with E-state index in [0.717, 1.165) is 0 Å². The first-order valence-corrected chi connectivity index (χ1v) is 8.73. The van der Waals surface area contributed by atoms with Crippen molar-refractivity contribution in [2.24, 2.45) is 0 Å². The fraction of sp³-hybridized carbons (Fsp3) is 0.0909. The normalized spacial score (nSPS) is 12.0. The van der Waals surface area contributed by atoms with Crippen molar-refractivity contribution in [2.75, 3.05) is 0 Å². The second-order valence-corrected chi connectivity index (χ2v) is 6.33. The molecule has 138 valence electrons. The quantitative estimate of drug-likeness (QED) is 0.422. The maximum absolute atomic E-state index is 12.4. The minimum atomic E-state index is -1.06. The standard InChI is InChI=1S/C22H16N2O4/c1-13(28-22(27)14-7-3-2-4-8-14)15-9-5-11-17-19(15)23-18-12-6-10-16(21(25)26)20(18)24-17/h2-13H,1H3,(H,25,26). The number of aromatic carboxylic acids is 1. The second kappa shape index (κ2) is 7.08. The summed E-state index contributed by atoms with van der Waals surface area (Å²) in [6.07, 6.45) is -0.550. The second-order valence-electron chi connectivity index (χ2n) is 6.33. The van der Waals surface area contributed by atoms with Gasteiger partial charge in [0.25, 0.3) is 0 Å². The van der Waals surface area contributed by atoms with E-state index in [1.807, 2.05) is 12.1 Å². The number of carboxylic acid groups (broad SMARTS) is 1. The minimum absolute atomic E-state index is 0.0980. The van der Waals surface area contributed by atoms with Crippen LogP contribution in [0.1, 0.15) is 39.3 Å². The maximum atomic E-state index is 12.4. The number of rotatable bonds is 4. The highest BCUT2D eigenvalue weighted by atomic mass is 16.5. The van der Waals surface area contributed by atoms with Crippen molar-refractivity contribution in [1.29, 1.82) is 0 Å². The summed E-state index contributed by atoms with van der Waals surface area (Å²) in [7, 11) is 0. The van der Waals surface area contributed by atoms with Gasteiger partial charge in [-0.25, -0.2) is 19.6 Å². The van der Waals surface area contributed by atoms with Crippen LogP contribution < -0.4 is 0 Å². The first-order chi connectivity index (χ1) is 13.5. The number of carbonyl (C=O) groups is 2. The Morgan fingerprint density at radius 1 is 0.857 bits per heavy atom. The number of carboxylic acids is 1. The van der Waals surface area contributed by atoms with E-state index < -0.39 is 18.0 Å². The van der Waals surface area contributed by atoms with Crippen LogP contribution in [0.15, 0.2) is 66.7 Å². The number of fused-ring (bicyclic) bond motifs is 2. The summed E-state index contributed by atoms with van der Waals surface area (Å²) in [5.74, 6) is -1.48. The highest BCUT2D eigenvalue weighted by Crippen LogP contribution is 2.27. The SMILES string of the molecule is CC(OC(=O)c1ccccc1)c1cccc2nc3c(C(=O)O)cccc3nc12. The molecule has 0 spiro atoms. The number of para-hydroxylation sites is 2. The van der Waals surface area contributed by atoms with Gasteiger partial charge in [0.1, 0.15) is 11.6 Å². The molecule has 1 N–H and O–H groups in total. The van der Waals surface area contributed by atoms with Crippen LogP contribution in [0.5, 0.6) is 0 Å². The number of aromatic nitrogens is 2. The van der Waals surface area contributed by atoms with Crippen molar-refractivity contribution >= 4 is 34.0 Å². The monoisotopic (exact) mass is 372 g/mol. The van der Waals surface area contributed by atoms with Gasteiger partial charge in [0.15, 0.2) is 0 Å². The molecule has 0 amide bonds. The van der Waals surface area contributed by atoms with Crippen molar-refractivity contribution in [1.82, 2.24) is 9.97 Å². The number of hydrogen-bond acceptors (Lipinski definition) is 5. The molecular formula is C22H16N2O4. The molecule has 0 aliphatic rings. The summed E-state index contributed by atoms with van der Waals surface area (Å²) in [6.45, 7) is 1.77.